The molecule has 0 radical (unpaired) electrons. The largest absolute Gasteiger partial charge is 0.450 e. The molecule has 1 heterocycles. The van der Waals surface area contributed by atoms with E-state index in [0.29, 0.717) is 12.3 Å². The second-order valence-electron chi connectivity index (χ2n) is 7.24. The van der Waals surface area contributed by atoms with Crippen LogP contribution in [0.1, 0.15) is 36.4 Å². The van der Waals surface area contributed by atoms with Crippen molar-refractivity contribution in [1.82, 2.24) is 0 Å². The maximum atomic E-state index is 11.7. The van der Waals surface area contributed by atoms with Crippen LogP contribution < -0.4 is 15.8 Å². The molecule has 152 valence electrons. The normalized spacial score (nSPS) is 22.3. The summed E-state index contributed by atoms with van der Waals surface area (Å²) in [5, 5.41) is 11.6. The van der Waals surface area contributed by atoms with Crippen LogP contribution in [0.4, 0.5) is 16.2 Å². The minimum atomic E-state index is -3.75. The summed E-state index contributed by atoms with van der Waals surface area (Å²) >= 11 is 0. The Bertz CT molecular complexity index is 1060. The van der Waals surface area contributed by atoms with Gasteiger partial charge in [-0.05, 0) is 60.7 Å². The summed E-state index contributed by atoms with van der Waals surface area (Å²) in [6, 6.07) is 12.7. The number of ether oxygens (including phenoxy) is 1. The molecule has 8 heteroatoms. The van der Waals surface area contributed by atoms with Crippen LogP contribution in [-0.4, -0.2) is 21.1 Å². The van der Waals surface area contributed by atoms with Crippen LogP contribution in [0, 0.1) is 5.92 Å². The summed E-state index contributed by atoms with van der Waals surface area (Å²) < 4.78 is 28.4. The van der Waals surface area contributed by atoms with E-state index in [1.54, 1.807) is 19.1 Å². The van der Waals surface area contributed by atoms with E-state index in [4.69, 9.17) is 9.88 Å². The molecule has 3 atom stereocenters. The van der Waals surface area contributed by atoms with Crippen molar-refractivity contribution in [3.05, 3.63) is 65.7 Å². The molecule has 1 amide bonds. The van der Waals surface area contributed by atoms with Crippen LogP contribution in [0.3, 0.4) is 0 Å². The number of allylic oxidation sites excluding steroid dienone is 2. The summed E-state index contributed by atoms with van der Waals surface area (Å²) in [6.07, 6.45) is 4.69. The quantitative estimate of drug-likeness (QED) is 0.662. The standard InChI is InChI=1S/C21H23N3O4S/c1-2-28-21(25)23-14-8-6-13(7-9-14)20-17-5-3-4-16(17)18-12-15(29(22,26)27)10-11-19(18)24-20/h3-4,6-12,16-17,20,24H,2,5H2,1H3,(H,23,25)(H2,22,26,27)/t16-,17+,20+/m0/s1. The molecule has 0 unspecified atom stereocenters. The fourth-order valence-electron chi connectivity index (χ4n) is 4.14. The lowest BCUT2D eigenvalue weighted by atomic mass is 9.77. The molecule has 7 nitrogen and oxygen atoms in total. The third kappa shape index (κ3) is 3.86. The minimum absolute atomic E-state index is 0.0690. The number of benzene rings is 2. The smallest absolute Gasteiger partial charge is 0.411 e. The van der Waals surface area contributed by atoms with E-state index in [-0.39, 0.29) is 22.8 Å². The van der Waals surface area contributed by atoms with E-state index in [9.17, 15) is 13.2 Å². The molecule has 1 aliphatic carbocycles. The van der Waals surface area contributed by atoms with E-state index < -0.39 is 16.1 Å². The van der Waals surface area contributed by atoms with E-state index >= 15 is 0 Å². The number of anilines is 2. The lowest BCUT2D eigenvalue weighted by molar-refractivity contribution is 0.168. The summed E-state index contributed by atoms with van der Waals surface area (Å²) in [6.45, 7) is 2.08. The van der Waals surface area contributed by atoms with Crippen LogP contribution >= 0.6 is 0 Å². The molecule has 0 saturated carbocycles. The zero-order valence-electron chi connectivity index (χ0n) is 16.0. The van der Waals surface area contributed by atoms with Gasteiger partial charge < -0.3 is 10.1 Å². The monoisotopic (exact) mass is 413 g/mol. The van der Waals surface area contributed by atoms with Gasteiger partial charge in [-0.15, -0.1) is 0 Å². The third-order valence-corrected chi connectivity index (χ3v) is 6.37. The van der Waals surface area contributed by atoms with Gasteiger partial charge in [-0.25, -0.2) is 18.4 Å². The van der Waals surface area contributed by atoms with Gasteiger partial charge in [0.05, 0.1) is 17.5 Å². The Labute approximate surface area is 170 Å². The Hall–Kier alpha value is -2.84. The van der Waals surface area contributed by atoms with Crippen LogP contribution in [-0.2, 0) is 14.8 Å². The minimum Gasteiger partial charge on any atom is -0.450 e. The molecule has 0 spiro atoms. The number of amides is 1. The first-order valence-corrected chi connectivity index (χ1v) is 11.0. The molecule has 4 rings (SSSR count). The lowest BCUT2D eigenvalue weighted by Crippen LogP contribution is -2.29. The highest BCUT2D eigenvalue weighted by Gasteiger charge is 2.38. The van der Waals surface area contributed by atoms with Crippen molar-refractivity contribution in [3.63, 3.8) is 0 Å². The first kappa shape index (κ1) is 19.5. The van der Waals surface area contributed by atoms with E-state index in [0.717, 1.165) is 23.2 Å². The van der Waals surface area contributed by atoms with Gasteiger partial charge in [0.2, 0.25) is 10.0 Å². The molecule has 29 heavy (non-hydrogen) atoms. The molecule has 0 bridgehead atoms. The van der Waals surface area contributed by atoms with Gasteiger partial charge in [-0.2, -0.15) is 0 Å². The average molecular weight is 413 g/mol. The van der Waals surface area contributed by atoms with Gasteiger partial charge in [0, 0.05) is 17.3 Å². The number of nitrogens with two attached hydrogens (primary N) is 1. The highest BCUT2D eigenvalue weighted by molar-refractivity contribution is 7.89. The second-order valence-corrected chi connectivity index (χ2v) is 8.80. The third-order valence-electron chi connectivity index (χ3n) is 5.45. The molecule has 2 aromatic rings. The highest BCUT2D eigenvalue weighted by Crippen LogP contribution is 2.50. The predicted molar refractivity (Wildman–Crippen MR) is 111 cm³/mol. The molecule has 4 N–H and O–H groups in total. The number of carbonyl (C=O) groups excluding carboxylic acids is 1. The molecular formula is C21H23N3O4S. The molecule has 1 aliphatic heterocycles. The van der Waals surface area contributed by atoms with Crippen molar-refractivity contribution >= 4 is 27.5 Å². The zero-order valence-corrected chi connectivity index (χ0v) is 16.8. The second kappa shape index (κ2) is 7.53. The summed E-state index contributed by atoms with van der Waals surface area (Å²) in [4.78, 5) is 11.7. The van der Waals surface area contributed by atoms with Gasteiger partial charge in [0.15, 0.2) is 0 Å². The van der Waals surface area contributed by atoms with E-state index in [1.165, 1.54) is 6.07 Å². The fourth-order valence-corrected chi connectivity index (χ4v) is 4.69. The zero-order chi connectivity index (χ0) is 20.6. The van der Waals surface area contributed by atoms with Gasteiger partial charge in [-0.3, -0.25) is 5.32 Å². The van der Waals surface area contributed by atoms with Crippen LogP contribution in [0.2, 0.25) is 0 Å². The van der Waals surface area contributed by atoms with Crippen molar-refractivity contribution in [3.8, 4) is 0 Å². The lowest BCUT2D eigenvalue weighted by Gasteiger charge is -2.37. The Kier molecular flexibility index (Phi) is 5.06. The van der Waals surface area contributed by atoms with Gasteiger partial charge in [0.1, 0.15) is 0 Å². The molecular weight excluding hydrogens is 390 g/mol. The summed E-state index contributed by atoms with van der Waals surface area (Å²) in [5.41, 5.74) is 3.62. The van der Waals surface area contributed by atoms with Crippen molar-refractivity contribution in [2.75, 3.05) is 17.2 Å². The van der Waals surface area contributed by atoms with Gasteiger partial charge >= 0.3 is 6.09 Å². The number of hydrogen-bond donors (Lipinski definition) is 3. The molecule has 0 aromatic heterocycles. The highest BCUT2D eigenvalue weighted by atomic mass is 32.2. The molecule has 2 aliphatic rings. The van der Waals surface area contributed by atoms with Gasteiger partial charge in [0.25, 0.3) is 0 Å². The fraction of sp³-hybridized carbons (Fsp3) is 0.286. The molecule has 0 fully saturated rings. The Morgan fingerprint density at radius 1 is 1.24 bits per heavy atom. The van der Waals surface area contributed by atoms with E-state index in [2.05, 4.69) is 22.8 Å². The number of nitrogens with one attached hydrogen (secondary N) is 2. The molecule has 2 aromatic carbocycles. The first-order valence-electron chi connectivity index (χ1n) is 9.50. The van der Waals surface area contributed by atoms with Crippen molar-refractivity contribution < 1.29 is 17.9 Å². The topological polar surface area (TPSA) is 111 Å². The SMILES string of the molecule is CCOC(=O)Nc1ccc([C@H]2Nc3ccc(S(N)(=O)=O)cc3[C@H]3C=CC[C@H]32)cc1. The first-order chi connectivity index (χ1) is 13.9. The number of carbonyl (C=O) groups is 1. The summed E-state index contributed by atoms with van der Waals surface area (Å²) in [5.74, 6) is 0.386. The Morgan fingerprint density at radius 2 is 2.00 bits per heavy atom. The maximum absolute atomic E-state index is 11.7. The maximum Gasteiger partial charge on any atom is 0.411 e. The number of rotatable bonds is 4. The van der Waals surface area contributed by atoms with Crippen molar-refractivity contribution in [2.24, 2.45) is 11.1 Å². The van der Waals surface area contributed by atoms with Gasteiger partial charge in [-0.1, -0.05) is 24.3 Å². The predicted octanol–water partition coefficient (Wildman–Crippen LogP) is 3.73. The van der Waals surface area contributed by atoms with Crippen LogP contribution in [0.25, 0.3) is 0 Å². The van der Waals surface area contributed by atoms with Crippen LogP contribution in [0.15, 0.2) is 59.5 Å². The number of hydrogen-bond acceptors (Lipinski definition) is 5. The number of sulfonamides is 1. The Morgan fingerprint density at radius 3 is 2.69 bits per heavy atom. The van der Waals surface area contributed by atoms with Crippen LogP contribution in [0.5, 0.6) is 0 Å². The van der Waals surface area contributed by atoms with E-state index in [1.807, 2.05) is 24.3 Å². The van der Waals surface area contributed by atoms with Crippen molar-refractivity contribution in [1.29, 1.82) is 0 Å². The summed E-state index contributed by atoms with van der Waals surface area (Å²) in [7, 11) is -3.75. The number of primary sulfonamides is 1. The average Bonchev–Trinajstić information content (AvgIpc) is 3.17. The Balaban J connectivity index is 1.61. The number of fused-ring (bicyclic) bond motifs is 3. The molecule has 0 saturated heterocycles. The van der Waals surface area contributed by atoms with Crippen molar-refractivity contribution in [2.45, 2.75) is 30.2 Å².